The van der Waals surface area contributed by atoms with Crippen LogP contribution in [0, 0.1) is 13.8 Å². The standard InChI is InChI=1S/C46H32Br2N8O4/c1-21-33-41(53-51-21)49-37-25-9-3-5-11-27(25)39(57)35(37)45(33)29-19-23(47)13-15-31(29)55(43(45)59)17-7-8-18-56-32-16-14-24(48)20-30(32)46(44(56)60)34-22(2)52-54-42(34)50-38-26-10-4-6-12-28(26)40(58)36(38)46/h3-6,9-16,19-20H,7-8,17-18H2,1-2H3,(H2,49,51,53)(H2,50,52,54). The number of halogens is 2. The van der Waals surface area contributed by atoms with Crippen molar-refractivity contribution in [1.82, 2.24) is 20.4 Å². The molecular weight excluding hydrogens is 888 g/mol. The van der Waals surface area contributed by atoms with Crippen molar-refractivity contribution in [2.75, 3.05) is 33.5 Å². The summed E-state index contributed by atoms with van der Waals surface area (Å²) in [5.41, 5.74) is 7.18. The lowest BCUT2D eigenvalue weighted by atomic mass is 9.67. The van der Waals surface area contributed by atoms with Gasteiger partial charge in [0, 0.05) is 100 Å². The molecule has 294 valence electrons. The van der Waals surface area contributed by atoms with Crippen LogP contribution in [0.3, 0.4) is 0 Å². The van der Waals surface area contributed by atoms with Crippen molar-refractivity contribution in [1.29, 1.82) is 0 Å². The van der Waals surface area contributed by atoms with E-state index in [0.717, 1.165) is 31.4 Å². The average molecular weight is 921 g/mol. The van der Waals surface area contributed by atoms with Crippen LogP contribution in [0.5, 0.6) is 0 Å². The molecule has 2 atom stereocenters. The number of nitrogens with zero attached hydrogens (tertiary/aromatic N) is 4. The van der Waals surface area contributed by atoms with Gasteiger partial charge in [0.05, 0.1) is 11.4 Å². The Kier molecular flexibility index (Phi) is 7.17. The molecule has 12 nitrogen and oxygen atoms in total. The minimum atomic E-state index is -1.45. The zero-order valence-corrected chi connectivity index (χ0v) is 35.3. The molecule has 2 aliphatic carbocycles. The summed E-state index contributed by atoms with van der Waals surface area (Å²) in [4.78, 5) is 63.6. The lowest BCUT2D eigenvalue weighted by Crippen LogP contribution is -2.47. The molecule has 6 aliphatic rings. The van der Waals surface area contributed by atoms with Gasteiger partial charge in [-0.25, -0.2) is 0 Å². The quantitative estimate of drug-likeness (QED) is 0.127. The Bertz CT molecular complexity index is 2920. The fraction of sp³-hybridized carbons (Fsp3) is 0.174. The van der Waals surface area contributed by atoms with Gasteiger partial charge in [-0.15, -0.1) is 0 Å². The molecule has 0 saturated heterocycles. The van der Waals surface area contributed by atoms with Crippen molar-refractivity contribution in [3.63, 3.8) is 0 Å². The lowest BCUT2D eigenvalue weighted by molar-refractivity contribution is -0.121. The first-order valence-corrected chi connectivity index (χ1v) is 21.3. The van der Waals surface area contributed by atoms with E-state index < -0.39 is 10.8 Å². The van der Waals surface area contributed by atoms with Gasteiger partial charge in [0.1, 0.15) is 10.8 Å². The van der Waals surface area contributed by atoms with Crippen LogP contribution in [0.15, 0.2) is 105 Å². The second-order valence-corrected chi connectivity index (χ2v) is 17.9. The Hall–Kier alpha value is -6.38. The second-order valence-electron chi connectivity index (χ2n) is 16.1. The Labute approximate surface area is 359 Å². The molecule has 2 aromatic heterocycles. The molecule has 2 spiro atoms. The summed E-state index contributed by atoms with van der Waals surface area (Å²) in [6.45, 7) is 4.42. The van der Waals surface area contributed by atoms with Crippen LogP contribution in [0.25, 0.3) is 11.4 Å². The van der Waals surface area contributed by atoms with Gasteiger partial charge in [0.2, 0.25) is 11.8 Å². The summed E-state index contributed by atoms with van der Waals surface area (Å²) >= 11 is 7.34. The summed E-state index contributed by atoms with van der Waals surface area (Å²) in [6, 6.07) is 26.5. The van der Waals surface area contributed by atoms with Gasteiger partial charge in [-0.05, 0) is 63.1 Å². The van der Waals surface area contributed by atoms with Crippen LogP contribution >= 0.6 is 31.9 Å². The first kappa shape index (κ1) is 35.6. The first-order chi connectivity index (χ1) is 29.1. The van der Waals surface area contributed by atoms with E-state index in [9.17, 15) is 9.59 Å². The Morgan fingerprint density at radius 1 is 0.567 bits per heavy atom. The van der Waals surface area contributed by atoms with Crippen LogP contribution in [-0.4, -0.2) is 56.9 Å². The van der Waals surface area contributed by atoms with E-state index in [0.29, 0.717) is 105 Å². The number of unbranched alkanes of at least 4 members (excludes halogenated alkanes) is 1. The maximum atomic E-state index is 15.5. The smallest absolute Gasteiger partial charge is 0.247 e. The minimum Gasteiger partial charge on any atom is -0.338 e. The van der Waals surface area contributed by atoms with E-state index in [-0.39, 0.29) is 23.4 Å². The third-order valence-corrected chi connectivity index (χ3v) is 14.2. The summed E-state index contributed by atoms with van der Waals surface area (Å²) in [5, 5.41) is 22.2. The van der Waals surface area contributed by atoms with Gasteiger partial charge >= 0.3 is 0 Å². The number of aryl methyl sites for hydroxylation is 2. The number of carbonyl (C=O) groups excluding carboxylic acids is 4. The molecule has 2 unspecified atom stereocenters. The molecule has 4 aromatic carbocycles. The van der Waals surface area contributed by atoms with Crippen molar-refractivity contribution in [2.45, 2.75) is 37.5 Å². The Balaban J connectivity index is 0.911. The monoisotopic (exact) mass is 918 g/mol. The molecule has 2 amide bonds. The molecule has 6 aromatic rings. The lowest BCUT2D eigenvalue weighted by Gasteiger charge is -2.35. The van der Waals surface area contributed by atoms with Gasteiger partial charge in [-0.3, -0.25) is 29.4 Å². The van der Waals surface area contributed by atoms with E-state index in [2.05, 4.69) is 62.9 Å². The number of anilines is 4. The molecule has 14 heteroatoms. The largest absolute Gasteiger partial charge is 0.338 e. The number of ketones is 2. The van der Waals surface area contributed by atoms with Gasteiger partial charge in [-0.2, -0.15) is 10.2 Å². The highest BCUT2D eigenvalue weighted by Gasteiger charge is 2.64. The maximum absolute atomic E-state index is 15.5. The number of amides is 2. The van der Waals surface area contributed by atoms with Crippen LogP contribution in [-0.2, 0) is 20.4 Å². The number of carbonyl (C=O) groups is 4. The van der Waals surface area contributed by atoms with E-state index in [1.54, 1.807) is 21.9 Å². The fourth-order valence-corrected chi connectivity index (χ4v) is 11.6. The van der Waals surface area contributed by atoms with Crippen molar-refractivity contribution in [3.05, 3.63) is 161 Å². The van der Waals surface area contributed by atoms with Gasteiger partial charge < -0.3 is 20.4 Å². The van der Waals surface area contributed by atoms with Crippen molar-refractivity contribution < 1.29 is 19.2 Å². The number of H-pyrrole nitrogens is 2. The first-order valence-electron chi connectivity index (χ1n) is 19.7. The molecule has 0 bridgehead atoms. The van der Waals surface area contributed by atoms with Gasteiger partial charge in [0.15, 0.2) is 23.2 Å². The normalized spacial score (nSPS) is 21.3. The number of Topliss-reactive ketones (excluding diaryl/α,β-unsaturated/α-hetero) is 2. The molecule has 12 rings (SSSR count). The Morgan fingerprint density at radius 3 is 1.38 bits per heavy atom. The fourth-order valence-electron chi connectivity index (χ4n) is 10.9. The average Bonchev–Trinajstić information content (AvgIpc) is 4.06. The van der Waals surface area contributed by atoms with E-state index in [4.69, 9.17) is 0 Å². The summed E-state index contributed by atoms with van der Waals surface area (Å²) in [7, 11) is 0. The highest BCUT2D eigenvalue weighted by molar-refractivity contribution is 9.10. The molecule has 0 saturated carbocycles. The zero-order valence-electron chi connectivity index (χ0n) is 32.1. The van der Waals surface area contributed by atoms with Crippen LogP contribution in [0.2, 0.25) is 0 Å². The topological polar surface area (TPSA) is 156 Å². The maximum Gasteiger partial charge on any atom is 0.247 e. The highest BCUT2D eigenvalue weighted by Crippen LogP contribution is 2.61. The van der Waals surface area contributed by atoms with E-state index >= 15 is 9.59 Å². The zero-order chi connectivity index (χ0) is 41.0. The molecule has 4 N–H and O–H groups in total. The van der Waals surface area contributed by atoms with Crippen LogP contribution in [0.4, 0.5) is 23.0 Å². The molecule has 60 heavy (non-hydrogen) atoms. The summed E-state index contributed by atoms with van der Waals surface area (Å²) in [6.07, 6.45) is 1.07. The number of aromatic nitrogens is 4. The van der Waals surface area contributed by atoms with Crippen LogP contribution in [0.1, 0.15) is 78.3 Å². The third kappa shape index (κ3) is 4.15. The molecular formula is C46H32Br2N8O4. The molecule has 6 heterocycles. The van der Waals surface area contributed by atoms with Crippen molar-refractivity contribution in [2.24, 2.45) is 0 Å². The van der Waals surface area contributed by atoms with Gasteiger partial charge in [-0.1, -0.05) is 80.4 Å². The predicted octanol–water partition coefficient (Wildman–Crippen LogP) is 8.09. The SMILES string of the molecule is Cc1[nH]nc2c1C1(C(=O)N(CCCCN3C(=O)C4(C5=C(Nc6n[nH]c(C)c64)c4ccccc4C5=O)c4cc(Br)ccc43)c3ccc(Br)cc31)C1=C(N2)c2ccccc2C1=O. The van der Waals surface area contributed by atoms with Gasteiger partial charge in [0.25, 0.3) is 0 Å². The molecule has 0 radical (unpaired) electrons. The predicted molar refractivity (Wildman–Crippen MR) is 233 cm³/mol. The number of benzene rings is 4. The number of rotatable bonds is 5. The number of hydrogen-bond donors (Lipinski definition) is 4. The number of hydrogen-bond acceptors (Lipinski definition) is 8. The summed E-state index contributed by atoms with van der Waals surface area (Å²) in [5.74, 6) is 0.199. The Morgan fingerprint density at radius 2 is 0.967 bits per heavy atom. The molecule has 4 aliphatic heterocycles. The highest BCUT2D eigenvalue weighted by atomic mass is 79.9. The minimum absolute atomic E-state index is 0.191. The second kappa shape index (κ2) is 12.1. The van der Waals surface area contributed by atoms with E-state index in [1.807, 2.05) is 86.6 Å². The summed E-state index contributed by atoms with van der Waals surface area (Å²) < 4.78 is 1.56. The van der Waals surface area contributed by atoms with E-state index in [1.165, 1.54) is 0 Å². The van der Waals surface area contributed by atoms with Crippen molar-refractivity contribution >= 4 is 89.6 Å². The van der Waals surface area contributed by atoms with Crippen LogP contribution < -0.4 is 20.4 Å². The third-order valence-electron chi connectivity index (χ3n) is 13.2. The molecule has 0 fully saturated rings. The number of fused-ring (bicyclic) bond motifs is 14. The number of nitrogens with one attached hydrogen (secondary N) is 4. The number of aromatic amines is 2. The van der Waals surface area contributed by atoms with Crippen molar-refractivity contribution in [3.8, 4) is 0 Å².